The van der Waals surface area contributed by atoms with Gasteiger partial charge in [0.15, 0.2) is 0 Å². The summed E-state index contributed by atoms with van der Waals surface area (Å²) in [7, 11) is -3.53. The third kappa shape index (κ3) is 3.23. The van der Waals surface area contributed by atoms with Crippen LogP contribution in [0, 0.1) is 0 Å². The molecular formula is C16H18ClNO2S2. The Morgan fingerprint density at radius 3 is 2.73 bits per heavy atom. The number of sulfonamides is 1. The quantitative estimate of drug-likeness (QED) is 0.799. The first kappa shape index (κ1) is 16.0. The Kier molecular flexibility index (Phi) is 4.88. The minimum atomic E-state index is -3.53. The predicted octanol–water partition coefficient (Wildman–Crippen LogP) is 4.71. The van der Waals surface area contributed by atoms with Gasteiger partial charge in [-0.15, -0.1) is 11.3 Å². The molecule has 0 aliphatic carbocycles. The third-order valence-electron chi connectivity index (χ3n) is 3.98. The van der Waals surface area contributed by atoms with Gasteiger partial charge in [0.05, 0.1) is 10.9 Å². The Morgan fingerprint density at radius 1 is 1.14 bits per heavy atom. The zero-order chi connectivity index (χ0) is 15.6. The van der Waals surface area contributed by atoms with Gasteiger partial charge in [-0.3, -0.25) is 0 Å². The molecule has 118 valence electrons. The maximum Gasteiger partial charge on any atom is 0.243 e. The SMILES string of the molecule is O=S(=O)(c1cccc(Cl)c1)N1CCCCC[C@@H]1c1cccs1. The molecule has 3 rings (SSSR count). The first-order valence-electron chi connectivity index (χ1n) is 7.40. The van der Waals surface area contributed by atoms with E-state index < -0.39 is 10.0 Å². The van der Waals surface area contributed by atoms with Gasteiger partial charge in [0.2, 0.25) is 10.0 Å². The molecule has 0 amide bonds. The fourth-order valence-corrected chi connectivity index (χ4v) is 5.81. The van der Waals surface area contributed by atoms with E-state index in [-0.39, 0.29) is 10.9 Å². The van der Waals surface area contributed by atoms with Crippen LogP contribution < -0.4 is 0 Å². The summed E-state index contributed by atoms with van der Waals surface area (Å²) in [4.78, 5) is 1.40. The highest BCUT2D eigenvalue weighted by molar-refractivity contribution is 7.89. The van der Waals surface area contributed by atoms with Crippen LogP contribution in [-0.2, 0) is 10.0 Å². The lowest BCUT2D eigenvalue weighted by Gasteiger charge is -2.28. The first-order chi connectivity index (χ1) is 10.6. The Bertz CT molecular complexity index is 728. The Balaban J connectivity index is 2.01. The van der Waals surface area contributed by atoms with Crippen LogP contribution in [0.2, 0.25) is 5.02 Å². The maximum absolute atomic E-state index is 13.1. The predicted molar refractivity (Wildman–Crippen MR) is 90.9 cm³/mol. The van der Waals surface area contributed by atoms with Crippen LogP contribution in [0.15, 0.2) is 46.7 Å². The van der Waals surface area contributed by atoms with Crippen molar-refractivity contribution < 1.29 is 8.42 Å². The Morgan fingerprint density at radius 2 is 2.00 bits per heavy atom. The highest BCUT2D eigenvalue weighted by Gasteiger charge is 2.33. The highest BCUT2D eigenvalue weighted by atomic mass is 35.5. The molecule has 6 heteroatoms. The zero-order valence-corrected chi connectivity index (χ0v) is 14.5. The van der Waals surface area contributed by atoms with Crippen molar-refractivity contribution in [1.29, 1.82) is 0 Å². The van der Waals surface area contributed by atoms with Crippen molar-refractivity contribution in [2.24, 2.45) is 0 Å². The van der Waals surface area contributed by atoms with Gasteiger partial charge < -0.3 is 0 Å². The lowest BCUT2D eigenvalue weighted by Crippen LogP contribution is -2.34. The van der Waals surface area contributed by atoms with E-state index in [0.29, 0.717) is 11.6 Å². The molecular weight excluding hydrogens is 338 g/mol. The lowest BCUT2D eigenvalue weighted by atomic mass is 10.1. The largest absolute Gasteiger partial charge is 0.243 e. The minimum absolute atomic E-state index is 0.0634. The molecule has 0 bridgehead atoms. The summed E-state index contributed by atoms with van der Waals surface area (Å²) in [5, 5.41) is 2.45. The van der Waals surface area contributed by atoms with E-state index in [9.17, 15) is 8.42 Å². The molecule has 0 N–H and O–H groups in total. The minimum Gasteiger partial charge on any atom is -0.207 e. The van der Waals surface area contributed by atoms with Gasteiger partial charge in [-0.25, -0.2) is 8.42 Å². The van der Waals surface area contributed by atoms with E-state index in [0.717, 1.165) is 30.6 Å². The van der Waals surface area contributed by atoms with E-state index in [2.05, 4.69) is 0 Å². The molecule has 1 aromatic carbocycles. The van der Waals surface area contributed by atoms with E-state index in [4.69, 9.17) is 11.6 Å². The van der Waals surface area contributed by atoms with Crippen molar-refractivity contribution >= 4 is 33.0 Å². The average Bonchev–Trinajstić information content (AvgIpc) is 2.91. The molecule has 0 radical (unpaired) electrons. The summed E-state index contributed by atoms with van der Waals surface area (Å²) >= 11 is 7.60. The number of benzene rings is 1. The van der Waals surface area contributed by atoms with Crippen LogP contribution in [0.5, 0.6) is 0 Å². The normalized spacial score (nSPS) is 20.7. The number of thiophene rings is 1. The van der Waals surface area contributed by atoms with Gasteiger partial charge in [0.1, 0.15) is 0 Å². The summed E-state index contributed by atoms with van der Waals surface area (Å²) in [6.07, 6.45) is 3.91. The molecule has 1 atom stereocenters. The summed E-state index contributed by atoms with van der Waals surface area (Å²) < 4.78 is 27.8. The number of rotatable bonds is 3. The molecule has 1 aromatic heterocycles. The van der Waals surface area contributed by atoms with Gasteiger partial charge in [-0.1, -0.05) is 36.6 Å². The van der Waals surface area contributed by atoms with Crippen molar-refractivity contribution in [2.45, 2.75) is 36.6 Å². The lowest BCUT2D eigenvalue weighted by molar-refractivity contribution is 0.333. The van der Waals surface area contributed by atoms with Crippen LogP contribution in [-0.4, -0.2) is 19.3 Å². The van der Waals surface area contributed by atoms with Crippen molar-refractivity contribution in [3.63, 3.8) is 0 Å². The van der Waals surface area contributed by atoms with Gasteiger partial charge in [0.25, 0.3) is 0 Å². The first-order valence-corrected chi connectivity index (χ1v) is 10.1. The maximum atomic E-state index is 13.1. The van der Waals surface area contributed by atoms with Crippen LogP contribution in [0.3, 0.4) is 0 Å². The van der Waals surface area contributed by atoms with Gasteiger partial charge in [0, 0.05) is 16.4 Å². The molecule has 3 nitrogen and oxygen atoms in total. The molecule has 2 aromatic rings. The third-order valence-corrected chi connectivity index (χ3v) is 7.09. The van der Waals surface area contributed by atoms with Crippen molar-refractivity contribution in [3.05, 3.63) is 51.7 Å². The number of hydrogen-bond donors (Lipinski definition) is 0. The van der Waals surface area contributed by atoms with Gasteiger partial charge >= 0.3 is 0 Å². The molecule has 22 heavy (non-hydrogen) atoms. The van der Waals surface area contributed by atoms with E-state index in [1.54, 1.807) is 33.8 Å². The fourth-order valence-electron chi connectivity index (χ4n) is 2.90. The second-order valence-electron chi connectivity index (χ2n) is 5.45. The molecule has 1 fully saturated rings. The number of halogens is 1. The van der Waals surface area contributed by atoms with Crippen LogP contribution in [0.25, 0.3) is 0 Å². The van der Waals surface area contributed by atoms with E-state index >= 15 is 0 Å². The molecule has 0 saturated carbocycles. The smallest absolute Gasteiger partial charge is 0.207 e. The number of nitrogens with zero attached hydrogens (tertiary/aromatic N) is 1. The Labute approximate surface area is 140 Å². The fraction of sp³-hybridized carbons (Fsp3) is 0.375. The van der Waals surface area contributed by atoms with Crippen LogP contribution in [0.4, 0.5) is 0 Å². The summed E-state index contributed by atoms with van der Waals surface area (Å²) in [6, 6.07) is 10.5. The Hall–Kier alpha value is -0.880. The van der Waals surface area contributed by atoms with Gasteiger partial charge in [-0.05, 0) is 42.5 Å². The van der Waals surface area contributed by atoms with E-state index in [1.165, 1.54) is 6.07 Å². The van der Waals surface area contributed by atoms with Crippen molar-refractivity contribution in [1.82, 2.24) is 4.31 Å². The van der Waals surface area contributed by atoms with Gasteiger partial charge in [-0.2, -0.15) is 4.31 Å². The van der Waals surface area contributed by atoms with Crippen LogP contribution in [0.1, 0.15) is 36.6 Å². The van der Waals surface area contributed by atoms with Crippen molar-refractivity contribution in [2.75, 3.05) is 6.54 Å². The molecule has 2 heterocycles. The molecule has 1 aliphatic rings. The summed E-state index contributed by atoms with van der Waals surface area (Å²) in [6.45, 7) is 0.567. The topological polar surface area (TPSA) is 37.4 Å². The molecule has 1 aliphatic heterocycles. The zero-order valence-electron chi connectivity index (χ0n) is 12.1. The van der Waals surface area contributed by atoms with E-state index in [1.807, 2.05) is 17.5 Å². The summed E-state index contributed by atoms with van der Waals surface area (Å²) in [5.41, 5.74) is 0. The molecule has 0 spiro atoms. The monoisotopic (exact) mass is 355 g/mol. The molecule has 0 unspecified atom stereocenters. The number of hydrogen-bond acceptors (Lipinski definition) is 3. The standard InChI is InChI=1S/C16H18ClNO2S2/c17-13-6-4-7-14(12-13)22(19,20)18-10-3-1-2-8-15(18)16-9-5-11-21-16/h4-7,9,11-12,15H,1-3,8,10H2/t15-/m1/s1. The van der Waals surface area contributed by atoms with Crippen molar-refractivity contribution in [3.8, 4) is 0 Å². The second-order valence-corrected chi connectivity index (χ2v) is 8.76. The highest BCUT2D eigenvalue weighted by Crippen LogP contribution is 2.36. The molecule has 1 saturated heterocycles. The van der Waals surface area contributed by atoms with Crippen LogP contribution >= 0.6 is 22.9 Å². The average molecular weight is 356 g/mol. The second kappa shape index (κ2) is 6.71. The summed E-state index contributed by atoms with van der Waals surface area (Å²) in [5.74, 6) is 0.